The molecule has 1 aliphatic carbocycles. The Morgan fingerprint density at radius 3 is 1.83 bits per heavy atom. The van der Waals surface area contributed by atoms with Crippen LogP contribution < -0.4 is 0 Å². The van der Waals surface area contributed by atoms with E-state index >= 15 is 0 Å². The molecule has 0 saturated heterocycles. The van der Waals surface area contributed by atoms with Crippen molar-refractivity contribution in [1.29, 1.82) is 0 Å². The van der Waals surface area contributed by atoms with Gasteiger partial charge in [0.1, 0.15) is 5.60 Å². The Morgan fingerprint density at radius 2 is 1.56 bits per heavy atom. The van der Waals surface area contributed by atoms with Crippen molar-refractivity contribution in [1.82, 2.24) is 0 Å². The number of rotatable bonds is 1. The molecule has 1 N–H and O–H groups in total. The number of ether oxygens (including phenoxy) is 1. The van der Waals surface area contributed by atoms with E-state index in [1.54, 1.807) is 20.8 Å². The molecule has 0 bridgehead atoms. The van der Waals surface area contributed by atoms with Crippen molar-refractivity contribution in [2.24, 2.45) is 5.92 Å². The summed E-state index contributed by atoms with van der Waals surface area (Å²) >= 11 is 0. The zero-order chi connectivity index (χ0) is 14.0. The van der Waals surface area contributed by atoms with E-state index in [0.29, 0.717) is 0 Å². The lowest BCUT2D eigenvalue weighted by Crippen LogP contribution is -2.22. The van der Waals surface area contributed by atoms with Gasteiger partial charge in [-0.3, -0.25) is 0 Å². The first-order valence-corrected chi connectivity index (χ1v) is 7.27. The summed E-state index contributed by atoms with van der Waals surface area (Å²) < 4.78 is 4.35. The van der Waals surface area contributed by atoms with Crippen LogP contribution in [0.4, 0.5) is 4.79 Å². The number of hydrogen-bond acceptors (Lipinski definition) is 2. The fraction of sp³-hybridized carbons (Fsp3) is 0.933. The highest BCUT2D eigenvalue weighted by Gasteiger charge is 2.14. The van der Waals surface area contributed by atoms with Crippen LogP contribution in [0.2, 0.25) is 0 Å². The molecule has 0 aromatic carbocycles. The lowest BCUT2D eigenvalue weighted by Gasteiger charge is -2.17. The third-order valence-electron chi connectivity index (χ3n) is 3.20. The van der Waals surface area contributed by atoms with Crippen LogP contribution in [0.1, 0.15) is 79.1 Å². The van der Waals surface area contributed by atoms with Gasteiger partial charge in [-0.2, -0.15) is 0 Å². The molecule has 0 atom stereocenters. The molecule has 0 spiro atoms. The molecule has 0 aromatic heterocycles. The van der Waals surface area contributed by atoms with Gasteiger partial charge >= 0.3 is 6.16 Å². The molecular formula is C15H30O3. The van der Waals surface area contributed by atoms with Crippen LogP contribution in [0, 0.1) is 5.92 Å². The van der Waals surface area contributed by atoms with Crippen molar-refractivity contribution in [3.8, 4) is 0 Å². The Kier molecular flexibility index (Phi) is 8.86. The van der Waals surface area contributed by atoms with Gasteiger partial charge in [-0.15, -0.1) is 0 Å². The van der Waals surface area contributed by atoms with Gasteiger partial charge in [-0.1, -0.05) is 58.3 Å². The normalized spacial score (nSPS) is 18.0. The molecule has 1 rings (SSSR count). The quantitative estimate of drug-likeness (QED) is 0.654. The Bertz CT molecular complexity index is 210. The highest BCUT2D eigenvalue weighted by molar-refractivity contribution is 5.57. The van der Waals surface area contributed by atoms with Crippen molar-refractivity contribution in [2.75, 3.05) is 0 Å². The topological polar surface area (TPSA) is 46.5 Å². The van der Waals surface area contributed by atoms with Crippen LogP contribution in [-0.4, -0.2) is 16.9 Å². The smallest absolute Gasteiger partial charge is 0.450 e. The fourth-order valence-electron chi connectivity index (χ4n) is 2.21. The largest absolute Gasteiger partial charge is 0.506 e. The van der Waals surface area contributed by atoms with Gasteiger partial charge in [0.2, 0.25) is 0 Å². The second-order valence-corrected chi connectivity index (χ2v) is 6.10. The van der Waals surface area contributed by atoms with Gasteiger partial charge in [-0.05, 0) is 26.7 Å². The first kappa shape index (κ1) is 17.3. The lowest BCUT2D eigenvalue weighted by atomic mass is 9.90. The van der Waals surface area contributed by atoms with Crippen LogP contribution in [0.5, 0.6) is 0 Å². The third kappa shape index (κ3) is 11.7. The summed E-state index contributed by atoms with van der Waals surface area (Å²) in [6, 6.07) is 0. The number of carbonyl (C=O) groups is 1. The SMILES string of the molecule is CC(C)(C)OC(=O)O.CCC1CCCCCCC1. The molecule has 3 nitrogen and oxygen atoms in total. The van der Waals surface area contributed by atoms with E-state index in [9.17, 15) is 4.79 Å². The first-order valence-electron chi connectivity index (χ1n) is 7.27. The molecule has 108 valence electrons. The number of hydrogen-bond donors (Lipinski definition) is 1. The van der Waals surface area contributed by atoms with Crippen molar-refractivity contribution >= 4 is 6.16 Å². The molecule has 3 heteroatoms. The summed E-state index contributed by atoms with van der Waals surface area (Å²) in [5.74, 6) is 1.07. The van der Waals surface area contributed by atoms with Crippen LogP contribution in [-0.2, 0) is 4.74 Å². The van der Waals surface area contributed by atoms with Crippen LogP contribution in [0.15, 0.2) is 0 Å². The summed E-state index contributed by atoms with van der Waals surface area (Å²) in [7, 11) is 0. The van der Waals surface area contributed by atoms with Gasteiger partial charge in [0.05, 0.1) is 0 Å². The second-order valence-electron chi connectivity index (χ2n) is 6.10. The summed E-state index contributed by atoms with van der Waals surface area (Å²) in [4.78, 5) is 9.79. The summed E-state index contributed by atoms with van der Waals surface area (Å²) in [6.45, 7) is 7.38. The minimum absolute atomic E-state index is 0.578. The molecule has 0 amide bonds. The summed E-state index contributed by atoms with van der Waals surface area (Å²) in [5.41, 5.74) is -0.578. The maximum atomic E-state index is 9.79. The van der Waals surface area contributed by atoms with E-state index in [-0.39, 0.29) is 0 Å². The molecule has 1 fully saturated rings. The van der Waals surface area contributed by atoms with Crippen molar-refractivity contribution in [2.45, 2.75) is 84.7 Å². The molecule has 0 unspecified atom stereocenters. The highest BCUT2D eigenvalue weighted by Crippen LogP contribution is 2.23. The first-order chi connectivity index (χ1) is 8.35. The number of carboxylic acid groups (broad SMARTS) is 1. The molecule has 0 aromatic rings. The Labute approximate surface area is 112 Å². The summed E-state index contributed by atoms with van der Waals surface area (Å²) in [5, 5.41) is 8.03. The lowest BCUT2D eigenvalue weighted by molar-refractivity contribution is 0.0150. The van der Waals surface area contributed by atoms with Crippen molar-refractivity contribution in [3.63, 3.8) is 0 Å². The zero-order valence-electron chi connectivity index (χ0n) is 12.5. The van der Waals surface area contributed by atoms with Gasteiger partial charge in [-0.25, -0.2) is 4.79 Å². The van der Waals surface area contributed by atoms with Gasteiger partial charge in [0.15, 0.2) is 0 Å². The van der Waals surface area contributed by atoms with E-state index in [1.807, 2.05) is 0 Å². The van der Waals surface area contributed by atoms with Crippen LogP contribution >= 0.6 is 0 Å². The van der Waals surface area contributed by atoms with Crippen LogP contribution in [0.3, 0.4) is 0 Å². The predicted molar refractivity (Wildman–Crippen MR) is 75.0 cm³/mol. The average molecular weight is 258 g/mol. The third-order valence-corrected chi connectivity index (χ3v) is 3.20. The Morgan fingerprint density at radius 1 is 1.11 bits per heavy atom. The van der Waals surface area contributed by atoms with Gasteiger partial charge in [0, 0.05) is 0 Å². The molecule has 18 heavy (non-hydrogen) atoms. The standard InChI is InChI=1S/C10H20.C5H10O3/c1-2-10-8-6-4-3-5-7-9-10;1-5(2,3)8-4(6)7/h10H,2-9H2,1H3;1-3H3,(H,6,7). The maximum absolute atomic E-state index is 9.79. The van der Waals surface area contributed by atoms with Crippen LogP contribution in [0.25, 0.3) is 0 Å². The molecular weight excluding hydrogens is 228 g/mol. The molecule has 1 saturated carbocycles. The van der Waals surface area contributed by atoms with E-state index in [1.165, 1.54) is 51.4 Å². The highest BCUT2D eigenvalue weighted by atomic mass is 16.7. The Hall–Kier alpha value is -0.730. The summed E-state index contributed by atoms with van der Waals surface area (Å²) in [6.07, 6.45) is 10.7. The molecule has 0 radical (unpaired) electrons. The maximum Gasteiger partial charge on any atom is 0.506 e. The monoisotopic (exact) mass is 258 g/mol. The van der Waals surface area contributed by atoms with E-state index < -0.39 is 11.8 Å². The molecule has 1 aliphatic rings. The predicted octanol–water partition coefficient (Wildman–Crippen LogP) is 5.24. The van der Waals surface area contributed by atoms with Crippen molar-refractivity contribution in [3.05, 3.63) is 0 Å². The second kappa shape index (κ2) is 9.23. The fourth-order valence-corrected chi connectivity index (χ4v) is 2.21. The minimum Gasteiger partial charge on any atom is -0.450 e. The average Bonchev–Trinajstić information content (AvgIpc) is 2.13. The Balaban J connectivity index is 0.000000331. The van der Waals surface area contributed by atoms with E-state index in [4.69, 9.17) is 5.11 Å². The van der Waals surface area contributed by atoms with E-state index in [2.05, 4.69) is 11.7 Å². The van der Waals surface area contributed by atoms with E-state index in [0.717, 1.165) is 5.92 Å². The molecule has 0 heterocycles. The van der Waals surface area contributed by atoms with Gasteiger partial charge in [0.25, 0.3) is 0 Å². The minimum atomic E-state index is -1.22. The van der Waals surface area contributed by atoms with Crippen molar-refractivity contribution < 1.29 is 14.6 Å². The van der Waals surface area contributed by atoms with Gasteiger partial charge < -0.3 is 9.84 Å². The molecule has 0 aliphatic heterocycles. The zero-order valence-corrected chi connectivity index (χ0v) is 12.5.